The van der Waals surface area contributed by atoms with Crippen LogP contribution in [0.2, 0.25) is 0 Å². The average molecular weight is 214 g/mol. The second-order valence-corrected chi connectivity index (χ2v) is 4.93. The van der Waals surface area contributed by atoms with Gasteiger partial charge in [-0.25, -0.2) is 0 Å². The summed E-state index contributed by atoms with van der Waals surface area (Å²) in [7, 11) is 2.10. The van der Waals surface area contributed by atoms with Crippen molar-refractivity contribution in [1.29, 1.82) is 0 Å². The SMILES string of the molecule is Cn1cc([C@@H](N)C2CCC2)c2ccccc21. The molecule has 1 saturated carbocycles. The summed E-state index contributed by atoms with van der Waals surface area (Å²) in [4.78, 5) is 0. The molecular formula is C14H18N2. The van der Waals surface area contributed by atoms with Crippen LogP contribution in [0.3, 0.4) is 0 Å². The van der Waals surface area contributed by atoms with E-state index in [1.54, 1.807) is 0 Å². The number of para-hydroxylation sites is 1. The first-order valence-electron chi connectivity index (χ1n) is 6.07. The Bertz CT molecular complexity index is 508. The Morgan fingerprint density at radius 1 is 1.31 bits per heavy atom. The van der Waals surface area contributed by atoms with Crippen LogP contribution in [0.4, 0.5) is 0 Å². The maximum absolute atomic E-state index is 6.37. The van der Waals surface area contributed by atoms with E-state index in [-0.39, 0.29) is 6.04 Å². The van der Waals surface area contributed by atoms with Crippen LogP contribution in [-0.2, 0) is 7.05 Å². The Kier molecular flexibility index (Phi) is 2.25. The Balaban J connectivity index is 2.08. The van der Waals surface area contributed by atoms with E-state index in [1.807, 2.05) is 0 Å². The minimum absolute atomic E-state index is 0.222. The predicted molar refractivity (Wildman–Crippen MR) is 67.2 cm³/mol. The van der Waals surface area contributed by atoms with Crippen LogP contribution in [0.25, 0.3) is 10.9 Å². The molecule has 2 aromatic rings. The van der Waals surface area contributed by atoms with Crippen LogP contribution in [0.1, 0.15) is 30.9 Å². The molecule has 0 unspecified atom stereocenters. The highest BCUT2D eigenvalue weighted by molar-refractivity contribution is 5.84. The van der Waals surface area contributed by atoms with E-state index in [2.05, 4.69) is 42.1 Å². The molecule has 1 aromatic carbocycles. The van der Waals surface area contributed by atoms with Crippen molar-refractivity contribution in [2.24, 2.45) is 18.7 Å². The molecule has 1 heterocycles. The summed E-state index contributed by atoms with van der Waals surface area (Å²) in [5.41, 5.74) is 8.97. The number of aryl methyl sites for hydroxylation is 1. The van der Waals surface area contributed by atoms with Gasteiger partial charge in [0.15, 0.2) is 0 Å². The van der Waals surface area contributed by atoms with E-state index in [1.165, 1.54) is 35.7 Å². The van der Waals surface area contributed by atoms with Gasteiger partial charge in [0.05, 0.1) is 0 Å². The Hall–Kier alpha value is -1.28. The van der Waals surface area contributed by atoms with E-state index in [4.69, 9.17) is 5.73 Å². The van der Waals surface area contributed by atoms with Gasteiger partial charge in [-0.3, -0.25) is 0 Å². The van der Waals surface area contributed by atoms with Crippen molar-refractivity contribution in [3.8, 4) is 0 Å². The molecule has 1 aliphatic rings. The Morgan fingerprint density at radius 3 is 2.75 bits per heavy atom. The van der Waals surface area contributed by atoms with Crippen LogP contribution in [0.5, 0.6) is 0 Å². The molecule has 0 bridgehead atoms. The van der Waals surface area contributed by atoms with Gasteiger partial charge in [-0.05, 0) is 30.4 Å². The fourth-order valence-corrected chi connectivity index (χ4v) is 2.69. The van der Waals surface area contributed by atoms with E-state index in [9.17, 15) is 0 Å². The second-order valence-electron chi connectivity index (χ2n) is 4.93. The molecule has 1 atom stereocenters. The number of rotatable bonds is 2. The van der Waals surface area contributed by atoms with Gasteiger partial charge in [0.2, 0.25) is 0 Å². The quantitative estimate of drug-likeness (QED) is 0.818. The molecule has 0 spiro atoms. The summed E-state index contributed by atoms with van der Waals surface area (Å²) in [6, 6.07) is 8.75. The zero-order valence-corrected chi connectivity index (χ0v) is 9.69. The van der Waals surface area contributed by atoms with E-state index in [0.29, 0.717) is 5.92 Å². The Labute approximate surface area is 96.1 Å². The lowest BCUT2D eigenvalue weighted by Gasteiger charge is -2.31. The molecular weight excluding hydrogens is 196 g/mol. The molecule has 3 rings (SSSR count). The lowest BCUT2D eigenvalue weighted by Crippen LogP contribution is -2.26. The first-order chi connectivity index (χ1) is 7.77. The molecule has 1 fully saturated rings. The summed E-state index contributed by atoms with van der Waals surface area (Å²) >= 11 is 0. The highest BCUT2D eigenvalue weighted by Crippen LogP contribution is 2.38. The number of benzene rings is 1. The lowest BCUT2D eigenvalue weighted by molar-refractivity contribution is 0.265. The molecule has 0 radical (unpaired) electrons. The molecule has 1 aliphatic carbocycles. The fraction of sp³-hybridized carbons (Fsp3) is 0.429. The molecule has 1 aromatic heterocycles. The van der Waals surface area contributed by atoms with Crippen molar-refractivity contribution < 1.29 is 0 Å². The van der Waals surface area contributed by atoms with E-state index < -0.39 is 0 Å². The number of nitrogens with two attached hydrogens (primary N) is 1. The zero-order chi connectivity index (χ0) is 11.1. The number of hydrogen-bond acceptors (Lipinski definition) is 1. The first-order valence-corrected chi connectivity index (χ1v) is 6.07. The molecule has 2 nitrogen and oxygen atoms in total. The van der Waals surface area contributed by atoms with Gasteiger partial charge < -0.3 is 10.3 Å². The van der Waals surface area contributed by atoms with Gasteiger partial charge in [-0.2, -0.15) is 0 Å². The number of nitrogens with zero attached hydrogens (tertiary/aromatic N) is 1. The molecule has 2 heteroatoms. The average Bonchev–Trinajstić information content (AvgIpc) is 2.55. The van der Waals surface area contributed by atoms with E-state index in [0.717, 1.165) is 0 Å². The van der Waals surface area contributed by atoms with Gasteiger partial charge in [0, 0.05) is 30.2 Å². The highest BCUT2D eigenvalue weighted by atomic mass is 14.9. The van der Waals surface area contributed by atoms with Crippen molar-refractivity contribution in [3.63, 3.8) is 0 Å². The van der Waals surface area contributed by atoms with Gasteiger partial charge in [0.1, 0.15) is 0 Å². The lowest BCUT2D eigenvalue weighted by atomic mass is 9.77. The van der Waals surface area contributed by atoms with Crippen molar-refractivity contribution in [2.45, 2.75) is 25.3 Å². The Morgan fingerprint density at radius 2 is 2.06 bits per heavy atom. The van der Waals surface area contributed by atoms with Crippen molar-refractivity contribution in [1.82, 2.24) is 4.57 Å². The maximum atomic E-state index is 6.37. The smallest absolute Gasteiger partial charge is 0.0481 e. The summed E-state index contributed by atoms with van der Waals surface area (Å²) < 4.78 is 2.18. The van der Waals surface area contributed by atoms with Crippen molar-refractivity contribution in [2.75, 3.05) is 0 Å². The number of hydrogen-bond donors (Lipinski definition) is 1. The van der Waals surface area contributed by atoms with Crippen LogP contribution in [0.15, 0.2) is 30.5 Å². The van der Waals surface area contributed by atoms with Crippen molar-refractivity contribution in [3.05, 3.63) is 36.0 Å². The van der Waals surface area contributed by atoms with Gasteiger partial charge >= 0.3 is 0 Å². The van der Waals surface area contributed by atoms with Crippen LogP contribution < -0.4 is 5.73 Å². The van der Waals surface area contributed by atoms with Gasteiger partial charge in [-0.15, -0.1) is 0 Å². The summed E-state index contributed by atoms with van der Waals surface area (Å²) in [6.45, 7) is 0. The molecule has 0 saturated heterocycles. The molecule has 0 amide bonds. The second kappa shape index (κ2) is 3.63. The monoisotopic (exact) mass is 214 g/mol. The number of fused-ring (bicyclic) bond motifs is 1. The summed E-state index contributed by atoms with van der Waals surface area (Å²) in [6.07, 6.45) is 6.14. The standard InChI is InChI=1S/C14H18N2/c1-16-9-12(14(15)10-5-4-6-10)11-7-2-3-8-13(11)16/h2-3,7-10,14H,4-6,15H2,1H3/t14-/m0/s1. The van der Waals surface area contributed by atoms with Gasteiger partial charge in [0.25, 0.3) is 0 Å². The fourth-order valence-electron chi connectivity index (χ4n) is 2.69. The third kappa shape index (κ3) is 1.37. The van der Waals surface area contributed by atoms with Crippen LogP contribution in [-0.4, -0.2) is 4.57 Å². The minimum Gasteiger partial charge on any atom is -0.350 e. The summed E-state index contributed by atoms with van der Waals surface area (Å²) in [5, 5.41) is 1.32. The number of aromatic nitrogens is 1. The molecule has 84 valence electrons. The van der Waals surface area contributed by atoms with Crippen molar-refractivity contribution >= 4 is 10.9 Å². The first kappa shape index (κ1) is 9.91. The summed E-state index contributed by atoms with van der Waals surface area (Å²) in [5.74, 6) is 0.700. The van der Waals surface area contributed by atoms with Crippen LogP contribution in [0, 0.1) is 5.92 Å². The largest absolute Gasteiger partial charge is 0.350 e. The third-order valence-corrected chi connectivity index (χ3v) is 3.94. The normalized spacial score (nSPS) is 18.6. The third-order valence-electron chi connectivity index (χ3n) is 3.94. The van der Waals surface area contributed by atoms with E-state index >= 15 is 0 Å². The molecule has 0 aliphatic heterocycles. The molecule has 16 heavy (non-hydrogen) atoms. The maximum Gasteiger partial charge on any atom is 0.0481 e. The topological polar surface area (TPSA) is 30.9 Å². The van der Waals surface area contributed by atoms with Gasteiger partial charge in [-0.1, -0.05) is 24.6 Å². The van der Waals surface area contributed by atoms with Crippen LogP contribution >= 0.6 is 0 Å². The minimum atomic E-state index is 0.222. The highest BCUT2D eigenvalue weighted by Gasteiger charge is 2.27. The zero-order valence-electron chi connectivity index (χ0n) is 9.69. The molecule has 2 N–H and O–H groups in total. The predicted octanol–water partition coefficient (Wildman–Crippen LogP) is 2.98.